The maximum atomic E-state index is 12.5. The van der Waals surface area contributed by atoms with Crippen LogP contribution in [0, 0.1) is 6.92 Å². The van der Waals surface area contributed by atoms with Crippen molar-refractivity contribution in [1.82, 2.24) is 0 Å². The number of benzene rings is 3. The first-order chi connectivity index (χ1) is 16.0. The molecule has 0 fully saturated rings. The molecule has 1 N–H and O–H groups in total. The van der Waals surface area contributed by atoms with Crippen LogP contribution in [-0.4, -0.2) is 38.2 Å². The molecule has 0 spiro atoms. The Bertz CT molecular complexity index is 1130. The summed E-state index contributed by atoms with van der Waals surface area (Å²) in [7, 11) is 0. The molecule has 0 bridgehead atoms. The zero-order chi connectivity index (χ0) is 23.2. The molecule has 0 saturated carbocycles. The molecule has 0 aliphatic carbocycles. The molecule has 3 aromatic carbocycles. The molecule has 3 aromatic rings. The quantitative estimate of drug-likeness (QED) is 0.530. The van der Waals surface area contributed by atoms with Crippen molar-refractivity contribution >= 4 is 34.8 Å². The van der Waals surface area contributed by atoms with Gasteiger partial charge in [0.15, 0.2) is 13.2 Å². The number of hydrogen-bond acceptors (Lipinski definition) is 5. The predicted octanol–water partition coefficient (Wildman–Crippen LogP) is 4.47. The number of halogens is 1. The summed E-state index contributed by atoms with van der Waals surface area (Å²) in [6.07, 6.45) is 0. The van der Waals surface area contributed by atoms with Crippen LogP contribution >= 0.6 is 11.6 Å². The van der Waals surface area contributed by atoms with Crippen LogP contribution in [0.25, 0.3) is 0 Å². The van der Waals surface area contributed by atoms with Gasteiger partial charge < -0.3 is 24.4 Å². The van der Waals surface area contributed by atoms with Crippen LogP contribution in [0.2, 0.25) is 5.02 Å². The highest BCUT2D eigenvalue weighted by Crippen LogP contribution is 2.34. The van der Waals surface area contributed by atoms with Gasteiger partial charge in [0.05, 0.1) is 12.2 Å². The molecule has 4 rings (SSSR count). The maximum Gasteiger partial charge on any atom is 0.265 e. The molecule has 1 heterocycles. The maximum absolute atomic E-state index is 12.5. The molecule has 0 unspecified atom stereocenters. The lowest BCUT2D eigenvalue weighted by Gasteiger charge is -2.29. The molecule has 0 radical (unpaired) electrons. The van der Waals surface area contributed by atoms with Crippen molar-refractivity contribution in [2.75, 3.05) is 36.6 Å². The van der Waals surface area contributed by atoms with Gasteiger partial charge in [-0.3, -0.25) is 9.59 Å². The third-order valence-corrected chi connectivity index (χ3v) is 5.23. The molecule has 0 atom stereocenters. The zero-order valence-electron chi connectivity index (χ0n) is 18.0. The number of carbonyl (C=O) groups excluding carboxylic acids is 2. The summed E-state index contributed by atoms with van der Waals surface area (Å²) in [5.74, 6) is 1.35. The highest BCUT2D eigenvalue weighted by molar-refractivity contribution is 6.30. The molecule has 33 heavy (non-hydrogen) atoms. The summed E-state index contributed by atoms with van der Waals surface area (Å²) in [5, 5.41) is 3.42. The summed E-state index contributed by atoms with van der Waals surface area (Å²) < 4.78 is 16.8. The first-order valence-corrected chi connectivity index (χ1v) is 10.8. The van der Waals surface area contributed by atoms with Crippen LogP contribution in [0.1, 0.15) is 5.56 Å². The van der Waals surface area contributed by atoms with Crippen molar-refractivity contribution < 1.29 is 23.8 Å². The third-order valence-electron chi connectivity index (χ3n) is 4.97. The number of nitrogens with one attached hydrogen (secondary N) is 1. The first-order valence-electron chi connectivity index (χ1n) is 10.4. The van der Waals surface area contributed by atoms with Crippen molar-refractivity contribution in [2.24, 2.45) is 0 Å². The van der Waals surface area contributed by atoms with Gasteiger partial charge in [0.2, 0.25) is 0 Å². The number of fused-ring (bicyclic) bond motifs is 1. The minimum Gasteiger partial charge on any atom is -0.492 e. The summed E-state index contributed by atoms with van der Waals surface area (Å²) in [5.41, 5.74) is 2.22. The Labute approximate surface area is 196 Å². The van der Waals surface area contributed by atoms with E-state index < -0.39 is 0 Å². The molecule has 0 aromatic heterocycles. The molecular weight excluding hydrogens is 444 g/mol. The zero-order valence-corrected chi connectivity index (χ0v) is 18.8. The third kappa shape index (κ3) is 5.96. The van der Waals surface area contributed by atoms with E-state index in [9.17, 15) is 9.59 Å². The second-order valence-corrected chi connectivity index (χ2v) is 7.91. The number of anilines is 2. The fourth-order valence-electron chi connectivity index (χ4n) is 3.29. The number of rotatable bonds is 8. The van der Waals surface area contributed by atoms with Crippen molar-refractivity contribution in [1.29, 1.82) is 0 Å². The van der Waals surface area contributed by atoms with E-state index in [2.05, 4.69) is 5.32 Å². The van der Waals surface area contributed by atoms with Crippen LogP contribution in [0.15, 0.2) is 66.7 Å². The molecule has 2 amide bonds. The Balaban J connectivity index is 1.37. The predicted molar refractivity (Wildman–Crippen MR) is 127 cm³/mol. The van der Waals surface area contributed by atoms with Crippen molar-refractivity contribution in [3.05, 3.63) is 77.3 Å². The van der Waals surface area contributed by atoms with Gasteiger partial charge in [-0.15, -0.1) is 0 Å². The van der Waals surface area contributed by atoms with Gasteiger partial charge in [0.1, 0.15) is 23.9 Å². The lowest BCUT2D eigenvalue weighted by molar-refractivity contribution is -0.121. The summed E-state index contributed by atoms with van der Waals surface area (Å²) in [4.78, 5) is 26.4. The van der Waals surface area contributed by atoms with Crippen LogP contribution in [0.3, 0.4) is 0 Å². The number of carbonyl (C=O) groups is 2. The van der Waals surface area contributed by atoms with E-state index in [-0.39, 0.29) is 31.6 Å². The second kappa shape index (κ2) is 10.3. The number of ether oxygens (including phenoxy) is 3. The molecular formula is C25H23ClN2O5. The Morgan fingerprint density at radius 1 is 1.03 bits per heavy atom. The van der Waals surface area contributed by atoms with E-state index in [0.29, 0.717) is 40.2 Å². The minimum atomic E-state index is -0.309. The SMILES string of the molecule is Cc1ccc(OCC(=O)Nc2ccc3c(c2)N(CCOc2ccc(Cl)cc2)C(=O)CO3)cc1. The highest BCUT2D eigenvalue weighted by Gasteiger charge is 2.26. The van der Waals surface area contributed by atoms with E-state index in [1.807, 2.05) is 31.2 Å². The Morgan fingerprint density at radius 3 is 2.48 bits per heavy atom. The number of hydrogen-bond donors (Lipinski definition) is 1. The Morgan fingerprint density at radius 2 is 1.73 bits per heavy atom. The summed E-state index contributed by atoms with van der Waals surface area (Å²) in [6.45, 7) is 2.41. The topological polar surface area (TPSA) is 77.1 Å². The van der Waals surface area contributed by atoms with E-state index in [1.165, 1.54) is 0 Å². The van der Waals surface area contributed by atoms with E-state index >= 15 is 0 Å². The monoisotopic (exact) mass is 466 g/mol. The lowest BCUT2D eigenvalue weighted by atomic mass is 10.2. The Hall–Kier alpha value is -3.71. The number of aryl methyl sites for hydroxylation is 1. The highest BCUT2D eigenvalue weighted by atomic mass is 35.5. The summed E-state index contributed by atoms with van der Waals surface area (Å²) in [6, 6.07) is 19.6. The van der Waals surface area contributed by atoms with Gasteiger partial charge in [-0.1, -0.05) is 29.3 Å². The van der Waals surface area contributed by atoms with E-state index in [0.717, 1.165) is 5.56 Å². The molecule has 7 nitrogen and oxygen atoms in total. The van der Waals surface area contributed by atoms with Gasteiger partial charge in [-0.05, 0) is 61.5 Å². The van der Waals surface area contributed by atoms with Gasteiger partial charge in [-0.2, -0.15) is 0 Å². The number of amides is 2. The molecule has 1 aliphatic rings. The van der Waals surface area contributed by atoms with Crippen LogP contribution in [0.5, 0.6) is 17.2 Å². The first kappa shape index (κ1) is 22.5. The lowest BCUT2D eigenvalue weighted by Crippen LogP contribution is -2.41. The molecule has 8 heteroatoms. The van der Waals surface area contributed by atoms with E-state index in [1.54, 1.807) is 47.4 Å². The standard InChI is InChI=1S/C25H23ClN2O5/c1-17-2-7-21(8-3-17)32-15-24(29)27-19-6-11-23-22(14-19)28(25(30)16-33-23)12-13-31-20-9-4-18(26)5-10-20/h2-11,14H,12-13,15-16H2,1H3,(H,27,29). The molecule has 1 aliphatic heterocycles. The van der Waals surface area contributed by atoms with Gasteiger partial charge >= 0.3 is 0 Å². The normalized spacial score (nSPS) is 12.5. The van der Waals surface area contributed by atoms with Crippen LogP contribution in [0.4, 0.5) is 11.4 Å². The molecule has 0 saturated heterocycles. The van der Waals surface area contributed by atoms with E-state index in [4.69, 9.17) is 25.8 Å². The van der Waals surface area contributed by atoms with Crippen molar-refractivity contribution in [3.63, 3.8) is 0 Å². The average molecular weight is 467 g/mol. The smallest absolute Gasteiger partial charge is 0.265 e. The second-order valence-electron chi connectivity index (χ2n) is 7.47. The summed E-state index contributed by atoms with van der Waals surface area (Å²) >= 11 is 5.89. The van der Waals surface area contributed by atoms with Crippen molar-refractivity contribution in [2.45, 2.75) is 6.92 Å². The van der Waals surface area contributed by atoms with Crippen molar-refractivity contribution in [3.8, 4) is 17.2 Å². The van der Waals surface area contributed by atoms with Gasteiger partial charge in [0.25, 0.3) is 11.8 Å². The minimum absolute atomic E-state index is 0.0515. The fraction of sp³-hybridized carbons (Fsp3) is 0.200. The Kier molecular flexibility index (Phi) is 7.00. The van der Waals surface area contributed by atoms with Crippen LogP contribution < -0.4 is 24.4 Å². The fourth-order valence-corrected chi connectivity index (χ4v) is 3.42. The number of nitrogens with zero attached hydrogens (tertiary/aromatic N) is 1. The van der Waals surface area contributed by atoms with Gasteiger partial charge in [0, 0.05) is 10.7 Å². The average Bonchev–Trinajstić information content (AvgIpc) is 2.81. The molecule has 170 valence electrons. The van der Waals surface area contributed by atoms with Gasteiger partial charge in [-0.25, -0.2) is 0 Å². The van der Waals surface area contributed by atoms with Crippen LogP contribution in [-0.2, 0) is 9.59 Å². The largest absolute Gasteiger partial charge is 0.492 e.